The second-order valence-electron chi connectivity index (χ2n) is 23.9. The van der Waals surface area contributed by atoms with Gasteiger partial charge < -0.3 is 51.6 Å². The summed E-state index contributed by atoms with van der Waals surface area (Å²) in [6, 6.07) is 53.1. The fourth-order valence-electron chi connectivity index (χ4n) is 12.0. The zero-order valence-corrected chi connectivity index (χ0v) is 52.9. The van der Waals surface area contributed by atoms with Gasteiger partial charge in [0.1, 0.15) is 0 Å². The summed E-state index contributed by atoms with van der Waals surface area (Å²) in [6.07, 6.45) is 3.61. The highest BCUT2D eigenvalue weighted by Crippen LogP contribution is 2.44. The quantitative estimate of drug-likeness (QED) is 0.0227. The van der Waals surface area contributed by atoms with E-state index >= 15 is 0 Å². The van der Waals surface area contributed by atoms with E-state index in [1.807, 2.05) is 72.8 Å². The van der Waals surface area contributed by atoms with E-state index in [0.29, 0.717) is 16.7 Å². The van der Waals surface area contributed by atoms with Gasteiger partial charge in [-0.3, -0.25) is 43.7 Å². The number of ether oxygens (including phenoxy) is 1. The van der Waals surface area contributed by atoms with E-state index in [-0.39, 0.29) is 70.1 Å². The number of anilines is 3. The zero-order chi connectivity index (χ0) is 68.8. The number of alkyl halides is 3. The Balaban J connectivity index is 0.885. The predicted octanol–water partition coefficient (Wildman–Crippen LogP) is 11.4. The van der Waals surface area contributed by atoms with Crippen molar-refractivity contribution in [3.8, 4) is 0 Å². The number of esters is 1. The molecule has 0 unspecified atom stereocenters. The molecule has 98 heavy (non-hydrogen) atoms. The van der Waals surface area contributed by atoms with E-state index in [1.165, 1.54) is 112 Å². The van der Waals surface area contributed by atoms with Crippen LogP contribution in [0.3, 0.4) is 0 Å². The minimum absolute atomic E-state index is 0.0907. The number of carbonyl (C=O) groups excluding carboxylic acids is 7. The Kier molecular flexibility index (Phi) is 18.1. The molecule has 6 aromatic heterocycles. The number of amides is 6. The van der Waals surface area contributed by atoms with E-state index in [4.69, 9.17) is 4.74 Å². The molecule has 12 aromatic rings. The average molecular weight is 1320 g/mol. The molecule has 9 N–H and O–H groups in total. The fourth-order valence-corrected chi connectivity index (χ4v) is 12.0. The topological polar surface area (TPSA) is 287 Å². The van der Waals surface area contributed by atoms with Crippen molar-refractivity contribution in [2.45, 2.75) is 68.4 Å². The SMILES string of the molecule is C[C@](NC(=O)Cc1c[nH]c2ccccc12)(C(=O)Nc1ccc(C(OC(=O)C(F)(F)F)(c2ccc(NC(=O)[C@](C)(NC(=O)Cc3c[nH]c4ccccc34)c3ccccn3)cc2)c2ccc(NC(=O)[C@](C)(NC(=O)Cc3c[nH]c4ccccc34)c3ccccn3)cc2)cc1)c1ccccn1. The summed E-state index contributed by atoms with van der Waals surface area (Å²) in [5, 5.41) is 19.5. The Morgan fingerprint density at radius 1 is 0.378 bits per heavy atom. The number of carbonyl (C=O) groups is 7. The van der Waals surface area contributed by atoms with Crippen molar-refractivity contribution in [1.82, 2.24) is 45.9 Å². The van der Waals surface area contributed by atoms with Gasteiger partial charge in [0.2, 0.25) is 17.7 Å². The van der Waals surface area contributed by atoms with Gasteiger partial charge in [-0.05, 0) is 128 Å². The lowest BCUT2D eigenvalue weighted by atomic mass is 9.79. The number of aromatic amines is 3. The van der Waals surface area contributed by atoms with Crippen LogP contribution in [0.5, 0.6) is 0 Å². The van der Waals surface area contributed by atoms with Crippen LogP contribution < -0.4 is 31.9 Å². The second kappa shape index (κ2) is 27.1. The second-order valence-corrected chi connectivity index (χ2v) is 23.9. The molecular formula is C75H63F3N12O8. The number of hydrogen-bond acceptors (Lipinski definition) is 11. The van der Waals surface area contributed by atoms with E-state index in [9.17, 15) is 46.7 Å². The van der Waals surface area contributed by atoms with Crippen LogP contribution >= 0.6 is 0 Å². The van der Waals surface area contributed by atoms with Crippen LogP contribution in [0, 0.1) is 0 Å². The minimum atomic E-state index is -5.58. The molecule has 0 saturated heterocycles. The molecule has 0 fully saturated rings. The molecule has 12 rings (SSSR count). The maximum absolute atomic E-state index is 15.0. The van der Waals surface area contributed by atoms with Gasteiger partial charge >= 0.3 is 12.1 Å². The number of aromatic nitrogens is 6. The smallest absolute Gasteiger partial charge is 0.438 e. The predicted molar refractivity (Wildman–Crippen MR) is 362 cm³/mol. The van der Waals surface area contributed by atoms with Crippen LogP contribution in [0.15, 0.2) is 237 Å². The van der Waals surface area contributed by atoms with Crippen molar-refractivity contribution < 1.29 is 51.5 Å². The molecule has 6 amide bonds. The number of fused-ring (bicyclic) bond motifs is 3. The summed E-state index contributed by atoms with van der Waals surface area (Å²) in [5.41, 5.74) is -2.97. The lowest BCUT2D eigenvalue weighted by Crippen LogP contribution is -2.53. The van der Waals surface area contributed by atoms with Gasteiger partial charge in [0.25, 0.3) is 17.7 Å². The lowest BCUT2D eigenvalue weighted by molar-refractivity contribution is -0.209. The molecule has 0 radical (unpaired) electrons. The number of rotatable bonds is 22. The van der Waals surface area contributed by atoms with Crippen molar-refractivity contribution in [3.05, 3.63) is 288 Å². The third-order valence-corrected chi connectivity index (χ3v) is 17.3. The minimum Gasteiger partial charge on any atom is -0.438 e. The molecular weight excluding hydrogens is 1250 g/mol. The first-order chi connectivity index (χ1) is 47.1. The Labute approximate surface area is 558 Å². The molecule has 6 aromatic carbocycles. The largest absolute Gasteiger partial charge is 0.490 e. The van der Waals surface area contributed by atoms with E-state index < -0.39 is 69.8 Å². The van der Waals surface area contributed by atoms with Gasteiger partial charge in [0, 0.05) is 104 Å². The maximum atomic E-state index is 15.0. The molecule has 0 aliphatic heterocycles. The number of hydrogen-bond donors (Lipinski definition) is 9. The normalized spacial score (nSPS) is 13.4. The summed E-state index contributed by atoms with van der Waals surface area (Å²) in [6.45, 7) is 4.44. The van der Waals surface area contributed by atoms with E-state index in [2.05, 4.69) is 61.8 Å². The number of nitrogens with zero attached hydrogens (tertiary/aromatic N) is 3. The maximum Gasteiger partial charge on any atom is 0.490 e. The van der Waals surface area contributed by atoms with Gasteiger partial charge in [-0.2, -0.15) is 13.2 Å². The number of nitrogens with one attached hydrogen (secondary N) is 9. The van der Waals surface area contributed by atoms with Gasteiger partial charge in [-0.1, -0.05) is 109 Å². The van der Waals surface area contributed by atoms with Crippen LogP contribution in [0.2, 0.25) is 0 Å². The van der Waals surface area contributed by atoms with Crippen LogP contribution in [-0.4, -0.2) is 77.5 Å². The molecule has 3 atom stereocenters. The Morgan fingerprint density at radius 2 is 0.653 bits per heavy atom. The van der Waals surface area contributed by atoms with Gasteiger partial charge in [-0.25, -0.2) is 4.79 Å². The van der Waals surface area contributed by atoms with E-state index in [0.717, 1.165) is 32.7 Å². The van der Waals surface area contributed by atoms with E-state index in [1.54, 1.807) is 73.2 Å². The first-order valence-corrected chi connectivity index (χ1v) is 31.0. The molecule has 492 valence electrons. The lowest BCUT2D eigenvalue weighted by Gasteiger charge is -2.36. The molecule has 6 heterocycles. The van der Waals surface area contributed by atoms with Gasteiger partial charge in [0.15, 0.2) is 22.2 Å². The fraction of sp³-hybridized carbons (Fsp3) is 0.147. The van der Waals surface area contributed by atoms with Gasteiger partial charge in [-0.15, -0.1) is 0 Å². The Morgan fingerprint density at radius 3 is 0.918 bits per heavy atom. The highest BCUT2D eigenvalue weighted by molar-refractivity contribution is 6.04. The molecule has 0 aliphatic carbocycles. The van der Waals surface area contributed by atoms with Crippen molar-refractivity contribution in [1.29, 1.82) is 0 Å². The monoisotopic (exact) mass is 1320 g/mol. The molecule has 20 nitrogen and oxygen atoms in total. The summed E-state index contributed by atoms with van der Waals surface area (Å²) in [4.78, 5) is 122. The van der Waals surface area contributed by atoms with Crippen molar-refractivity contribution in [2.75, 3.05) is 16.0 Å². The van der Waals surface area contributed by atoms with Crippen LogP contribution in [0.1, 0.15) is 71.2 Å². The first kappa shape index (κ1) is 65.5. The summed E-state index contributed by atoms with van der Waals surface area (Å²) in [5.74, 6) is -6.40. The molecule has 23 heteroatoms. The molecule has 0 saturated carbocycles. The number of halogens is 3. The number of H-pyrrole nitrogens is 3. The third-order valence-electron chi connectivity index (χ3n) is 17.3. The van der Waals surface area contributed by atoms with Crippen LogP contribution in [0.25, 0.3) is 32.7 Å². The van der Waals surface area contributed by atoms with Gasteiger partial charge in [0.05, 0.1) is 36.3 Å². The van der Waals surface area contributed by atoms with Crippen LogP contribution in [-0.2, 0) is 79.8 Å². The van der Waals surface area contributed by atoms with Crippen LogP contribution in [0.4, 0.5) is 30.2 Å². The number of para-hydroxylation sites is 3. The first-order valence-electron chi connectivity index (χ1n) is 31.0. The molecule has 0 aliphatic rings. The van der Waals surface area contributed by atoms with Crippen molar-refractivity contribution >= 4 is 91.2 Å². The highest BCUT2D eigenvalue weighted by Gasteiger charge is 2.50. The van der Waals surface area contributed by atoms with Crippen molar-refractivity contribution in [3.63, 3.8) is 0 Å². The summed E-state index contributed by atoms with van der Waals surface area (Å²) >= 11 is 0. The molecule has 0 bridgehead atoms. The average Bonchev–Trinajstić information content (AvgIpc) is 0.865. The highest BCUT2D eigenvalue weighted by atomic mass is 19.4. The Bertz CT molecular complexity index is 4480. The zero-order valence-electron chi connectivity index (χ0n) is 52.9. The molecule has 0 spiro atoms. The third kappa shape index (κ3) is 13.4. The summed E-state index contributed by atoms with van der Waals surface area (Å²) < 4.78 is 50.7. The number of pyridine rings is 3. The standard InChI is InChI=1S/C75H63F3N12O8/c1-71(61-22-10-13-37-79-61,88-64(91)40-46-43-82-58-19-7-4-16-55(46)58)67(94)85-52-31-25-49(26-32-52)74(98-70(97)75(76,77)78,50-27-33-53(34-28-50)86-68(95)72(2,62-23-11-14-38-80-62)89-65(92)41-47-44-83-59-20-8-5-17-56(47)59)51-29-35-54(36-30-51)87-69(96)73(3,63-24-12-15-39-81-63)90-66(93)42-48-45-84-60-21-9-6-18-57(48)60/h4-39,43-45,82-84H,40-42H2,1-3H3,(H,85,94)(H,86,95)(H,87,96)(H,88,91)(H,89,92)(H,90,93)/t71-,72-,73-/m1/s1. The number of benzene rings is 6. The Hall–Kier alpha value is -12.5. The van der Waals surface area contributed by atoms with Crippen molar-refractivity contribution in [2.24, 2.45) is 0 Å². The summed E-state index contributed by atoms with van der Waals surface area (Å²) in [7, 11) is 0.